The summed E-state index contributed by atoms with van der Waals surface area (Å²) in [5.41, 5.74) is 1.01. The minimum absolute atomic E-state index is 0.495. The zero-order chi connectivity index (χ0) is 16.8. The summed E-state index contributed by atoms with van der Waals surface area (Å²) in [6, 6.07) is 9.08. The predicted molar refractivity (Wildman–Crippen MR) is 97.6 cm³/mol. The smallest absolute Gasteiger partial charge is 0.320 e. The highest BCUT2D eigenvalue weighted by Crippen LogP contribution is 2.32. The van der Waals surface area contributed by atoms with Crippen molar-refractivity contribution in [3.05, 3.63) is 45.3 Å². The minimum atomic E-state index is -0.792. The van der Waals surface area contributed by atoms with Crippen molar-refractivity contribution >= 4 is 40.5 Å². The van der Waals surface area contributed by atoms with Crippen molar-refractivity contribution in [2.75, 3.05) is 0 Å². The van der Waals surface area contributed by atoms with E-state index in [-0.39, 0.29) is 0 Å². The van der Waals surface area contributed by atoms with Crippen LogP contribution in [0.25, 0.3) is 10.4 Å². The first kappa shape index (κ1) is 18.3. The lowest BCUT2D eigenvalue weighted by Gasteiger charge is -2.13. The van der Waals surface area contributed by atoms with Crippen LogP contribution < -0.4 is 5.32 Å². The topological polar surface area (TPSA) is 49.3 Å². The summed E-state index contributed by atoms with van der Waals surface area (Å²) in [4.78, 5) is 13.4. The normalized spacial score (nSPS) is 12.3. The standard InChI is InChI=1S/C17H19Cl2NO2S/c1-2-3-4-15(17(21)22)20-10-12-6-8-16(23-12)11-5-7-13(18)14(19)9-11/h5-9,15,20H,2-4,10H2,1H3,(H,21,22). The van der Waals surface area contributed by atoms with Crippen LogP contribution in [0, 0.1) is 0 Å². The Balaban J connectivity index is 2.01. The molecule has 0 aliphatic carbocycles. The second-order valence-electron chi connectivity index (χ2n) is 5.31. The van der Waals surface area contributed by atoms with Gasteiger partial charge in [0.2, 0.25) is 0 Å². The molecule has 0 radical (unpaired) electrons. The molecule has 0 fully saturated rings. The van der Waals surface area contributed by atoms with Crippen LogP contribution in [0.2, 0.25) is 10.0 Å². The Bertz CT molecular complexity index is 672. The third kappa shape index (κ3) is 5.21. The summed E-state index contributed by atoms with van der Waals surface area (Å²) < 4.78 is 0. The number of benzene rings is 1. The maximum absolute atomic E-state index is 11.2. The quantitative estimate of drug-likeness (QED) is 0.647. The first-order valence-corrected chi connectivity index (χ1v) is 9.08. The van der Waals surface area contributed by atoms with Gasteiger partial charge in [-0.3, -0.25) is 10.1 Å². The number of nitrogens with one attached hydrogen (secondary N) is 1. The molecule has 1 aromatic heterocycles. The largest absolute Gasteiger partial charge is 0.480 e. The summed E-state index contributed by atoms with van der Waals surface area (Å²) in [6.45, 7) is 2.61. The average Bonchev–Trinajstić information content (AvgIpc) is 2.98. The van der Waals surface area contributed by atoms with E-state index < -0.39 is 12.0 Å². The highest BCUT2D eigenvalue weighted by molar-refractivity contribution is 7.15. The molecule has 2 N–H and O–H groups in total. The van der Waals surface area contributed by atoms with Gasteiger partial charge in [-0.25, -0.2) is 0 Å². The van der Waals surface area contributed by atoms with Crippen LogP contribution >= 0.6 is 34.5 Å². The molecule has 0 aliphatic heterocycles. The van der Waals surface area contributed by atoms with Crippen LogP contribution in [0.1, 0.15) is 31.1 Å². The van der Waals surface area contributed by atoms with E-state index in [9.17, 15) is 9.90 Å². The summed E-state index contributed by atoms with van der Waals surface area (Å²) in [6.07, 6.45) is 2.55. The lowest BCUT2D eigenvalue weighted by molar-refractivity contribution is -0.139. The van der Waals surface area contributed by atoms with Crippen LogP contribution in [-0.2, 0) is 11.3 Å². The highest BCUT2D eigenvalue weighted by atomic mass is 35.5. The van der Waals surface area contributed by atoms with Gasteiger partial charge in [-0.1, -0.05) is 49.0 Å². The molecule has 6 heteroatoms. The van der Waals surface area contributed by atoms with E-state index in [1.165, 1.54) is 0 Å². The Morgan fingerprint density at radius 2 is 2.04 bits per heavy atom. The Hall–Kier alpha value is -1.07. The SMILES string of the molecule is CCCCC(NCc1ccc(-c2ccc(Cl)c(Cl)c2)s1)C(=O)O. The molecule has 0 saturated carbocycles. The molecule has 3 nitrogen and oxygen atoms in total. The summed E-state index contributed by atoms with van der Waals surface area (Å²) in [5.74, 6) is -0.792. The van der Waals surface area contributed by atoms with E-state index in [1.54, 1.807) is 17.4 Å². The molecule has 2 rings (SSSR count). The van der Waals surface area contributed by atoms with Gasteiger partial charge in [-0.05, 0) is 36.2 Å². The van der Waals surface area contributed by atoms with Crippen LogP contribution in [-0.4, -0.2) is 17.1 Å². The van der Waals surface area contributed by atoms with Crippen molar-refractivity contribution in [2.24, 2.45) is 0 Å². The van der Waals surface area contributed by atoms with E-state index >= 15 is 0 Å². The van der Waals surface area contributed by atoms with Crippen molar-refractivity contribution < 1.29 is 9.90 Å². The van der Waals surface area contributed by atoms with Gasteiger partial charge in [-0.15, -0.1) is 11.3 Å². The number of aliphatic carboxylic acids is 1. The molecule has 1 atom stereocenters. The number of thiophene rings is 1. The number of rotatable bonds is 8. The van der Waals surface area contributed by atoms with Crippen molar-refractivity contribution in [3.63, 3.8) is 0 Å². The highest BCUT2D eigenvalue weighted by Gasteiger charge is 2.16. The van der Waals surface area contributed by atoms with Gasteiger partial charge in [0.25, 0.3) is 0 Å². The molecule has 0 amide bonds. The van der Waals surface area contributed by atoms with Gasteiger partial charge in [0, 0.05) is 16.3 Å². The van der Waals surface area contributed by atoms with Crippen LogP contribution in [0.3, 0.4) is 0 Å². The van der Waals surface area contributed by atoms with E-state index in [0.29, 0.717) is 23.0 Å². The molecule has 2 aromatic rings. The Labute approximate surface area is 150 Å². The Morgan fingerprint density at radius 1 is 1.26 bits per heavy atom. The van der Waals surface area contributed by atoms with Crippen molar-refractivity contribution in [1.82, 2.24) is 5.32 Å². The number of halogens is 2. The maximum Gasteiger partial charge on any atom is 0.320 e. The van der Waals surface area contributed by atoms with Crippen molar-refractivity contribution in [2.45, 2.75) is 38.8 Å². The van der Waals surface area contributed by atoms with Crippen LogP contribution in [0.5, 0.6) is 0 Å². The fourth-order valence-electron chi connectivity index (χ4n) is 2.22. The number of hydrogen-bond donors (Lipinski definition) is 2. The van der Waals surface area contributed by atoms with Crippen LogP contribution in [0.15, 0.2) is 30.3 Å². The number of carboxylic acid groups (broad SMARTS) is 1. The number of carboxylic acids is 1. The van der Waals surface area contributed by atoms with E-state index in [0.717, 1.165) is 28.2 Å². The molecule has 124 valence electrons. The van der Waals surface area contributed by atoms with E-state index in [1.807, 2.05) is 24.3 Å². The summed E-state index contributed by atoms with van der Waals surface area (Å²) in [5, 5.41) is 13.4. The number of unbranched alkanes of at least 4 members (excludes halogenated alkanes) is 1. The second-order valence-corrected chi connectivity index (χ2v) is 7.29. The van der Waals surface area contributed by atoms with E-state index in [4.69, 9.17) is 23.2 Å². The molecule has 1 heterocycles. The average molecular weight is 372 g/mol. The molecular weight excluding hydrogens is 353 g/mol. The second kappa shape index (κ2) is 8.69. The number of hydrogen-bond acceptors (Lipinski definition) is 3. The monoisotopic (exact) mass is 371 g/mol. The fraction of sp³-hybridized carbons (Fsp3) is 0.353. The van der Waals surface area contributed by atoms with Crippen molar-refractivity contribution in [1.29, 1.82) is 0 Å². The first-order chi connectivity index (χ1) is 11.0. The zero-order valence-corrected chi connectivity index (χ0v) is 15.1. The lowest BCUT2D eigenvalue weighted by atomic mass is 10.1. The molecule has 0 aliphatic rings. The predicted octanol–water partition coefficient (Wildman–Crippen LogP) is 5.45. The maximum atomic E-state index is 11.2. The van der Waals surface area contributed by atoms with Gasteiger partial charge in [0.05, 0.1) is 10.0 Å². The number of carbonyl (C=O) groups is 1. The molecular formula is C17H19Cl2NO2S. The fourth-order valence-corrected chi connectivity index (χ4v) is 3.48. The molecule has 0 saturated heterocycles. The van der Waals surface area contributed by atoms with Gasteiger partial charge in [0.15, 0.2) is 0 Å². The minimum Gasteiger partial charge on any atom is -0.480 e. The third-order valence-electron chi connectivity index (χ3n) is 3.53. The Morgan fingerprint density at radius 3 is 2.70 bits per heavy atom. The summed E-state index contributed by atoms with van der Waals surface area (Å²) >= 11 is 13.6. The van der Waals surface area contributed by atoms with E-state index in [2.05, 4.69) is 12.2 Å². The third-order valence-corrected chi connectivity index (χ3v) is 5.41. The molecule has 0 spiro atoms. The first-order valence-electron chi connectivity index (χ1n) is 7.51. The molecule has 23 heavy (non-hydrogen) atoms. The zero-order valence-electron chi connectivity index (χ0n) is 12.8. The molecule has 1 aromatic carbocycles. The molecule has 0 bridgehead atoms. The van der Waals surface area contributed by atoms with Gasteiger partial charge in [-0.2, -0.15) is 0 Å². The summed E-state index contributed by atoms with van der Waals surface area (Å²) in [7, 11) is 0. The Kier molecular flexibility index (Phi) is 6.90. The van der Waals surface area contributed by atoms with Crippen LogP contribution in [0.4, 0.5) is 0 Å². The van der Waals surface area contributed by atoms with Gasteiger partial charge < -0.3 is 5.11 Å². The van der Waals surface area contributed by atoms with Gasteiger partial charge in [0.1, 0.15) is 6.04 Å². The van der Waals surface area contributed by atoms with Gasteiger partial charge >= 0.3 is 5.97 Å². The van der Waals surface area contributed by atoms with Crippen molar-refractivity contribution in [3.8, 4) is 10.4 Å². The lowest BCUT2D eigenvalue weighted by Crippen LogP contribution is -2.35. The molecule has 1 unspecified atom stereocenters.